The molecule has 2 aromatic carbocycles. The number of carbonyl (C=O) groups is 1. The molecule has 0 bridgehead atoms. The van der Waals surface area contributed by atoms with E-state index in [1.54, 1.807) is 18.0 Å². The van der Waals surface area contributed by atoms with Crippen molar-refractivity contribution in [2.45, 2.75) is 17.6 Å². The molecule has 3 heterocycles. The van der Waals surface area contributed by atoms with E-state index in [9.17, 15) is 13.2 Å². The molecular weight excluding hydrogens is 466 g/mol. The highest BCUT2D eigenvalue weighted by Gasteiger charge is 2.32. The third kappa shape index (κ3) is 3.56. The number of fused-ring (bicyclic) bond motifs is 1. The Balaban J connectivity index is 1.54. The van der Waals surface area contributed by atoms with Gasteiger partial charge in [-0.3, -0.25) is 9.80 Å². The standard InChI is InChI=1S/C21H19N5O3S3/c1-13-19(32(22,28)29)30-20(24-13)26-11-5-10-25(21(26)27)17-9-8-15(14-6-3-2-4-7-14)18-16(17)12-23-31-18/h2-4,6-9,12H,5,10-11H2,1H3,(H2,22,28,29). The SMILES string of the molecule is Cc1nc(N2CCCN(c3ccc(-c4ccccc4)c4sncc34)C2=O)sc1S(N)(=O)=O. The molecule has 1 aliphatic heterocycles. The summed E-state index contributed by atoms with van der Waals surface area (Å²) in [4.78, 5) is 21.0. The van der Waals surface area contributed by atoms with E-state index in [-0.39, 0.29) is 10.2 Å². The van der Waals surface area contributed by atoms with Crippen molar-refractivity contribution >= 4 is 59.8 Å². The maximum Gasteiger partial charge on any atom is 0.330 e. The maximum atomic E-state index is 13.4. The van der Waals surface area contributed by atoms with Crippen LogP contribution in [0.2, 0.25) is 0 Å². The van der Waals surface area contributed by atoms with Gasteiger partial charge in [0, 0.05) is 24.0 Å². The number of amides is 2. The van der Waals surface area contributed by atoms with Gasteiger partial charge in [0.15, 0.2) is 9.34 Å². The molecule has 0 spiro atoms. The molecule has 2 amide bonds. The topological polar surface area (TPSA) is 109 Å². The zero-order valence-electron chi connectivity index (χ0n) is 17.1. The third-order valence-electron chi connectivity index (χ3n) is 5.33. The van der Waals surface area contributed by atoms with Crippen LogP contribution in [-0.2, 0) is 10.0 Å². The Bertz CT molecular complexity index is 1430. The second kappa shape index (κ2) is 7.93. The summed E-state index contributed by atoms with van der Waals surface area (Å²) < 4.78 is 29.0. The summed E-state index contributed by atoms with van der Waals surface area (Å²) in [6, 6.07) is 13.8. The average Bonchev–Trinajstić information content (AvgIpc) is 3.41. The Hall–Kier alpha value is -2.86. The Morgan fingerprint density at radius 3 is 2.53 bits per heavy atom. The lowest BCUT2D eigenvalue weighted by Gasteiger charge is -2.34. The summed E-state index contributed by atoms with van der Waals surface area (Å²) in [5, 5.41) is 6.53. The van der Waals surface area contributed by atoms with Crippen molar-refractivity contribution in [1.29, 1.82) is 0 Å². The van der Waals surface area contributed by atoms with E-state index in [1.165, 1.54) is 16.4 Å². The first-order valence-electron chi connectivity index (χ1n) is 9.86. The van der Waals surface area contributed by atoms with Crippen molar-refractivity contribution in [2.24, 2.45) is 5.14 Å². The Labute approximate surface area is 193 Å². The van der Waals surface area contributed by atoms with Crippen molar-refractivity contribution in [3.8, 4) is 11.1 Å². The molecule has 0 unspecified atom stereocenters. The number of thiazole rings is 1. The van der Waals surface area contributed by atoms with Crippen LogP contribution in [0.3, 0.4) is 0 Å². The lowest BCUT2D eigenvalue weighted by Crippen LogP contribution is -2.49. The second-order valence-electron chi connectivity index (χ2n) is 7.42. The molecular formula is C21H19N5O3S3. The van der Waals surface area contributed by atoms with Crippen molar-refractivity contribution in [3.63, 3.8) is 0 Å². The number of aromatic nitrogens is 2. The summed E-state index contributed by atoms with van der Waals surface area (Å²) >= 11 is 2.32. The number of carbonyl (C=O) groups excluding carboxylic acids is 1. The molecule has 32 heavy (non-hydrogen) atoms. The molecule has 4 aromatic rings. The molecule has 0 aliphatic carbocycles. The lowest BCUT2D eigenvalue weighted by atomic mass is 10.0. The number of hydrogen-bond acceptors (Lipinski definition) is 7. The minimum Gasteiger partial charge on any atom is -0.293 e. The number of nitrogens with zero attached hydrogens (tertiary/aromatic N) is 4. The van der Waals surface area contributed by atoms with Crippen LogP contribution >= 0.6 is 22.9 Å². The smallest absolute Gasteiger partial charge is 0.293 e. The van der Waals surface area contributed by atoms with Crippen molar-refractivity contribution in [3.05, 3.63) is 54.4 Å². The van der Waals surface area contributed by atoms with Crippen LogP contribution in [-0.4, -0.2) is 36.9 Å². The average molecular weight is 486 g/mol. The number of rotatable bonds is 4. The molecule has 1 fully saturated rings. The number of benzene rings is 2. The van der Waals surface area contributed by atoms with E-state index < -0.39 is 10.0 Å². The number of urea groups is 1. The van der Waals surface area contributed by atoms with Crippen LogP contribution in [0.1, 0.15) is 12.1 Å². The van der Waals surface area contributed by atoms with Gasteiger partial charge in [-0.1, -0.05) is 47.7 Å². The van der Waals surface area contributed by atoms with Gasteiger partial charge in [0.25, 0.3) is 0 Å². The first-order valence-corrected chi connectivity index (χ1v) is 13.0. The lowest BCUT2D eigenvalue weighted by molar-refractivity contribution is 0.248. The number of aryl methyl sites for hydroxylation is 1. The van der Waals surface area contributed by atoms with Crippen LogP contribution in [0.4, 0.5) is 15.6 Å². The number of sulfonamides is 1. The zero-order chi connectivity index (χ0) is 22.5. The van der Waals surface area contributed by atoms with Gasteiger partial charge in [0.1, 0.15) is 0 Å². The quantitative estimate of drug-likeness (QED) is 0.466. The van der Waals surface area contributed by atoms with E-state index in [1.807, 2.05) is 30.3 Å². The summed E-state index contributed by atoms with van der Waals surface area (Å²) in [5.41, 5.74) is 3.24. The molecule has 0 saturated carbocycles. The van der Waals surface area contributed by atoms with E-state index in [4.69, 9.17) is 5.14 Å². The number of anilines is 2. The molecule has 5 rings (SSSR count). The molecule has 2 N–H and O–H groups in total. The molecule has 1 saturated heterocycles. The van der Waals surface area contributed by atoms with Gasteiger partial charge >= 0.3 is 6.03 Å². The monoisotopic (exact) mass is 485 g/mol. The Morgan fingerprint density at radius 1 is 1.06 bits per heavy atom. The molecule has 2 aromatic heterocycles. The highest BCUT2D eigenvalue weighted by Crippen LogP contribution is 2.39. The molecule has 8 nitrogen and oxygen atoms in total. The maximum absolute atomic E-state index is 13.4. The van der Waals surface area contributed by atoms with Crippen molar-refractivity contribution < 1.29 is 13.2 Å². The molecule has 1 aliphatic rings. The second-order valence-corrected chi connectivity index (χ2v) is 11.0. The highest BCUT2D eigenvalue weighted by atomic mass is 32.2. The number of primary sulfonamides is 1. The van der Waals surface area contributed by atoms with Gasteiger partial charge in [-0.25, -0.2) is 23.3 Å². The fraction of sp³-hybridized carbons (Fsp3) is 0.190. The fourth-order valence-electron chi connectivity index (χ4n) is 3.90. The van der Waals surface area contributed by atoms with Gasteiger partial charge in [-0.15, -0.1) is 0 Å². The Kier molecular flexibility index (Phi) is 5.20. The zero-order valence-corrected chi connectivity index (χ0v) is 19.5. The summed E-state index contributed by atoms with van der Waals surface area (Å²) in [6.07, 6.45) is 2.51. The van der Waals surface area contributed by atoms with E-state index >= 15 is 0 Å². The summed E-state index contributed by atoms with van der Waals surface area (Å²) in [5.74, 6) is 0. The first kappa shape index (κ1) is 21.0. The molecule has 164 valence electrons. The van der Waals surface area contributed by atoms with Gasteiger partial charge in [0.2, 0.25) is 10.0 Å². The van der Waals surface area contributed by atoms with E-state index in [2.05, 4.69) is 21.5 Å². The predicted octanol–water partition coefficient (Wildman–Crippen LogP) is 4.21. The van der Waals surface area contributed by atoms with Crippen LogP contribution in [0.15, 0.2) is 52.9 Å². The fourth-order valence-corrected chi connectivity index (χ4v) is 6.67. The number of hydrogen-bond donors (Lipinski definition) is 1. The minimum absolute atomic E-state index is 0.0194. The third-order valence-corrected chi connectivity index (χ3v) is 8.90. The first-order chi connectivity index (χ1) is 15.3. The van der Waals surface area contributed by atoms with E-state index in [0.29, 0.717) is 30.3 Å². The summed E-state index contributed by atoms with van der Waals surface area (Å²) in [7, 11) is -3.89. The van der Waals surface area contributed by atoms with Gasteiger partial charge in [0.05, 0.1) is 22.3 Å². The van der Waals surface area contributed by atoms with E-state index in [0.717, 1.165) is 38.2 Å². The van der Waals surface area contributed by atoms with Gasteiger partial charge in [-0.05, 0) is 36.5 Å². The van der Waals surface area contributed by atoms with Gasteiger partial charge in [-0.2, -0.15) is 4.37 Å². The molecule has 11 heteroatoms. The Morgan fingerprint density at radius 2 is 1.81 bits per heavy atom. The van der Waals surface area contributed by atoms with Gasteiger partial charge < -0.3 is 0 Å². The predicted molar refractivity (Wildman–Crippen MR) is 128 cm³/mol. The molecule has 0 atom stereocenters. The van der Waals surface area contributed by atoms with Crippen molar-refractivity contribution in [1.82, 2.24) is 9.36 Å². The van der Waals surface area contributed by atoms with Crippen LogP contribution in [0.25, 0.3) is 21.2 Å². The van der Waals surface area contributed by atoms with Crippen molar-refractivity contribution in [2.75, 3.05) is 22.9 Å². The number of nitrogens with two attached hydrogens (primary N) is 1. The normalized spacial score (nSPS) is 15.0. The largest absolute Gasteiger partial charge is 0.330 e. The van der Waals surface area contributed by atoms with Crippen LogP contribution in [0, 0.1) is 6.92 Å². The minimum atomic E-state index is -3.89. The van der Waals surface area contributed by atoms with Crippen LogP contribution in [0.5, 0.6) is 0 Å². The summed E-state index contributed by atoms with van der Waals surface area (Å²) in [6.45, 7) is 2.59. The van der Waals surface area contributed by atoms with Crippen LogP contribution < -0.4 is 14.9 Å². The highest BCUT2D eigenvalue weighted by molar-refractivity contribution is 7.91. The molecule has 0 radical (unpaired) electrons.